The lowest BCUT2D eigenvalue weighted by Gasteiger charge is -2.10. The van der Waals surface area contributed by atoms with E-state index in [1.165, 1.54) is 4.90 Å². The molecule has 0 radical (unpaired) electrons. The monoisotopic (exact) mass is 259 g/mol. The first kappa shape index (κ1) is 13.1. The van der Waals surface area contributed by atoms with Gasteiger partial charge >= 0.3 is 0 Å². The number of amides is 2. The van der Waals surface area contributed by atoms with Crippen LogP contribution in [0.2, 0.25) is 0 Å². The zero-order valence-corrected chi connectivity index (χ0v) is 11.1. The average Bonchev–Trinajstić information content (AvgIpc) is 2.86. The Morgan fingerprint density at radius 3 is 2.79 bits per heavy atom. The highest BCUT2D eigenvalue weighted by molar-refractivity contribution is 6.05. The van der Waals surface area contributed by atoms with Crippen LogP contribution in [0.1, 0.15) is 16.8 Å². The molecule has 5 heteroatoms. The summed E-state index contributed by atoms with van der Waals surface area (Å²) in [5.41, 5.74) is 1.42. The summed E-state index contributed by atoms with van der Waals surface area (Å²) in [5.74, 6) is -0.169. The molecular weight excluding hydrogens is 242 g/mol. The number of aromatic amines is 1. The summed E-state index contributed by atoms with van der Waals surface area (Å²) < 4.78 is 0. The van der Waals surface area contributed by atoms with Crippen molar-refractivity contribution in [1.82, 2.24) is 15.2 Å². The van der Waals surface area contributed by atoms with Gasteiger partial charge in [-0.25, -0.2) is 0 Å². The second kappa shape index (κ2) is 5.56. The van der Waals surface area contributed by atoms with Gasteiger partial charge in [0.15, 0.2) is 0 Å². The minimum Gasteiger partial charge on any atom is -0.361 e. The molecule has 0 aliphatic carbocycles. The van der Waals surface area contributed by atoms with Gasteiger partial charge in [0, 0.05) is 38.6 Å². The molecule has 1 aromatic carbocycles. The largest absolute Gasteiger partial charge is 0.361 e. The maximum Gasteiger partial charge on any atom is 0.253 e. The van der Waals surface area contributed by atoms with E-state index in [0.717, 1.165) is 10.9 Å². The number of fused-ring (bicyclic) bond motifs is 1. The van der Waals surface area contributed by atoms with Crippen LogP contribution in [0.15, 0.2) is 30.5 Å². The predicted octanol–water partition coefficient (Wildman–Crippen LogP) is 1.38. The Balaban J connectivity index is 2.01. The van der Waals surface area contributed by atoms with E-state index in [0.29, 0.717) is 18.5 Å². The number of aromatic nitrogens is 1. The van der Waals surface area contributed by atoms with Gasteiger partial charge < -0.3 is 15.2 Å². The van der Waals surface area contributed by atoms with Crippen LogP contribution in [0, 0.1) is 0 Å². The van der Waals surface area contributed by atoms with Crippen molar-refractivity contribution < 1.29 is 9.59 Å². The van der Waals surface area contributed by atoms with Crippen LogP contribution in [0.3, 0.4) is 0 Å². The second-order valence-electron chi connectivity index (χ2n) is 4.54. The molecule has 0 atom stereocenters. The molecule has 19 heavy (non-hydrogen) atoms. The molecule has 0 fully saturated rings. The van der Waals surface area contributed by atoms with E-state index in [4.69, 9.17) is 0 Å². The van der Waals surface area contributed by atoms with Crippen molar-refractivity contribution in [3.63, 3.8) is 0 Å². The predicted molar refractivity (Wildman–Crippen MR) is 73.9 cm³/mol. The summed E-state index contributed by atoms with van der Waals surface area (Å²) in [6.07, 6.45) is 2.11. The lowest BCUT2D eigenvalue weighted by Crippen LogP contribution is -2.30. The smallest absolute Gasteiger partial charge is 0.253 e. The van der Waals surface area contributed by atoms with Crippen molar-refractivity contribution in [2.75, 3.05) is 20.6 Å². The molecule has 1 heterocycles. The minimum absolute atomic E-state index is 0.00150. The summed E-state index contributed by atoms with van der Waals surface area (Å²) in [6.45, 7) is 0.340. The fourth-order valence-corrected chi connectivity index (χ4v) is 1.88. The lowest BCUT2D eigenvalue weighted by atomic mass is 10.1. The highest BCUT2D eigenvalue weighted by Gasteiger charge is 2.11. The van der Waals surface area contributed by atoms with Crippen molar-refractivity contribution in [3.8, 4) is 0 Å². The third kappa shape index (κ3) is 2.93. The molecule has 2 amide bonds. The first-order valence-electron chi connectivity index (χ1n) is 6.14. The Bertz CT molecular complexity index is 602. The van der Waals surface area contributed by atoms with E-state index < -0.39 is 0 Å². The number of rotatable bonds is 4. The summed E-state index contributed by atoms with van der Waals surface area (Å²) >= 11 is 0. The Kier molecular flexibility index (Phi) is 3.85. The number of nitrogens with zero attached hydrogens (tertiary/aromatic N) is 1. The van der Waals surface area contributed by atoms with Crippen molar-refractivity contribution in [1.29, 1.82) is 0 Å². The highest BCUT2D eigenvalue weighted by atomic mass is 16.2. The van der Waals surface area contributed by atoms with Gasteiger partial charge in [-0.05, 0) is 12.1 Å². The molecule has 100 valence electrons. The van der Waals surface area contributed by atoms with Crippen LogP contribution in [0.4, 0.5) is 0 Å². The van der Waals surface area contributed by atoms with Gasteiger partial charge in [-0.1, -0.05) is 12.1 Å². The van der Waals surface area contributed by atoms with Crippen molar-refractivity contribution >= 4 is 22.7 Å². The standard InChI is InChI=1S/C14H17N3O2/c1-17(2)12(18)7-9-16-14(19)11-5-3-4-10-6-8-15-13(10)11/h3-6,8,15H,7,9H2,1-2H3,(H,16,19). The van der Waals surface area contributed by atoms with Gasteiger partial charge in [-0.3, -0.25) is 9.59 Å². The number of nitrogens with one attached hydrogen (secondary N) is 2. The molecule has 2 aromatic rings. The van der Waals surface area contributed by atoms with E-state index >= 15 is 0 Å². The van der Waals surface area contributed by atoms with E-state index in [1.807, 2.05) is 18.2 Å². The zero-order chi connectivity index (χ0) is 13.8. The van der Waals surface area contributed by atoms with Gasteiger partial charge in [0.05, 0.1) is 11.1 Å². The first-order valence-corrected chi connectivity index (χ1v) is 6.14. The second-order valence-corrected chi connectivity index (χ2v) is 4.54. The molecule has 0 spiro atoms. The normalized spacial score (nSPS) is 10.4. The van der Waals surface area contributed by atoms with Crippen LogP contribution >= 0.6 is 0 Å². The Hall–Kier alpha value is -2.30. The van der Waals surface area contributed by atoms with E-state index in [9.17, 15) is 9.59 Å². The molecule has 2 rings (SSSR count). The van der Waals surface area contributed by atoms with Crippen molar-refractivity contribution in [3.05, 3.63) is 36.0 Å². The highest BCUT2D eigenvalue weighted by Crippen LogP contribution is 2.16. The fourth-order valence-electron chi connectivity index (χ4n) is 1.88. The van der Waals surface area contributed by atoms with Gasteiger partial charge in [0.2, 0.25) is 5.91 Å². The molecule has 0 aliphatic heterocycles. The number of H-pyrrole nitrogens is 1. The number of para-hydroxylation sites is 1. The molecular formula is C14H17N3O2. The van der Waals surface area contributed by atoms with Gasteiger partial charge in [-0.15, -0.1) is 0 Å². The molecule has 1 aromatic heterocycles. The molecule has 0 aliphatic rings. The van der Waals surface area contributed by atoms with Crippen molar-refractivity contribution in [2.24, 2.45) is 0 Å². The quantitative estimate of drug-likeness (QED) is 0.871. The fraction of sp³-hybridized carbons (Fsp3) is 0.286. The van der Waals surface area contributed by atoms with Gasteiger partial charge in [-0.2, -0.15) is 0 Å². The Morgan fingerprint density at radius 2 is 2.05 bits per heavy atom. The molecule has 2 N–H and O–H groups in total. The summed E-state index contributed by atoms with van der Waals surface area (Å²) in [6, 6.07) is 7.47. The van der Waals surface area contributed by atoms with Gasteiger partial charge in [0.25, 0.3) is 5.91 Å². The summed E-state index contributed by atoms with van der Waals surface area (Å²) in [7, 11) is 3.40. The van der Waals surface area contributed by atoms with Crippen LogP contribution in [0.25, 0.3) is 10.9 Å². The number of benzene rings is 1. The van der Waals surface area contributed by atoms with Crippen molar-refractivity contribution in [2.45, 2.75) is 6.42 Å². The molecule has 5 nitrogen and oxygen atoms in total. The maximum atomic E-state index is 12.1. The van der Waals surface area contributed by atoms with E-state index in [1.54, 1.807) is 26.4 Å². The van der Waals surface area contributed by atoms with Crippen LogP contribution in [0.5, 0.6) is 0 Å². The Labute approximate surface area is 111 Å². The van der Waals surface area contributed by atoms with Crippen LogP contribution in [-0.2, 0) is 4.79 Å². The number of hydrogen-bond donors (Lipinski definition) is 2. The van der Waals surface area contributed by atoms with Gasteiger partial charge in [0.1, 0.15) is 0 Å². The maximum absolute atomic E-state index is 12.1. The average molecular weight is 259 g/mol. The topological polar surface area (TPSA) is 65.2 Å². The van der Waals surface area contributed by atoms with E-state index in [-0.39, 0.29) is 11.8 Å². The third-order valence-electron chi connectivity index (χ3n) is 2.96. The van der Waals surface area contributed by atoms with Crippen LogP contribution < -0.4 is 5.32 Å². The number of hydrogen-bond acceptors (Lipinski definition) is 2. The zero-order valence-electron chi connectivity index (χ0n) is 11.1. The SMILES string of the molecule is CN(C)C(=O)CCNC(=O)c1cccc2cc[nH]c12. The summed E-state index contributed by atoms with van der Waals surface area (Å²) in [5, 5.41) is 3.76. The van der Waals surface area contributed by atoms with Crippen LogP contribution in [-0.4, -0.2) is 42.3 Å². The molecule has 0 saturated carbocycles. The molecule has 0 unspecified atom stereocenters. The number of carbonyl (C=O) groups is 2. The minimum atomic E-state index is -0.167. The molecule has 0 bridgehead atoms. The lowest BCUT2D eigenvalue weighted by molar-refractivity contribution is -0.128. The number of carbonyl (C=O) groups excluding carboxylic acids is 2. The third-order valence-corrected chi connectivity index (χ3v) is 2.96. The van der Waals surface area contributed by atoms with E-state index in [2.05, 4.69) is 10.3 Å². The Morgan fingerprint density at radius 1 is 1.26 bits per heavy atom. The summed E-state index contributed by atoms with van der Waals surface area (Å²) in [4.78, 5) is 28.0. The molecule has 0 saturated heterocycles. The first-order chi connectivity index (χ1) is 9.09.